The molecule has 1 atom stereocenters. The van der Waals surface area contributed by atoms with E-state index in [0.717, 1.165) is 6.07 Å². The second kappa shape index (κ2) is 7.92. The molecule has 1 aromatic rings. The highest BCUT2D eigenvalue weighted by molar-refractivity contribution is 9.10. The number of benzene rings is 1. The first-order chi connectivity index (χ1) is 9.81. The summed E-state index contributed by atoms with van der Waals surface area (Å²) in [5, 5.41) is 22.4. The molecule has 0 aromatic heterocycles. The lowest BCUT2D eigenvalue weighted by Crippen LogP contribution is -2.10. The number of aliphatic carboxylic acids is 1. The number of hydrogen-bond acceptors (Lipinski definition) is 4. The molecule has 0 saturated carbocycles. The van der Waals surface area contributed by atoms with Gasteiger partial charge >= 0.3 is 5.97 Å². The standard InChI is InChI=1S/C13H16BrFN2O4/c1-8(2-3-13(18)19)4-5-16-11-6-9(14)10(15)7-12(11)17(20)21/h6-8,16H,2-5H2,1H3,(H,18,19). The first kappa shape index (κ1) is 17.4. The van der Waals surface area contributed by atoms with Gasteiger partial charge < -0.3 is 10.4 Å². The van der Waals surface area contributed by atoms with Crippen molar-refractivity contribution in [2.75, 3.05) is 11.9 Å². The van der Waals surface area contributed by atoms with Gasteiger partial charge in [-0.15, -0.1) is 0 Å². The Labute approximate surface area is 129 Å². The summed E-state index contributed by atoms with van der Waals surface area (Å²) >= 11 is 2.99. The van der Waals surface area contributed by atoms with Crippen LogP contribution in [0.1, 0.15) is 26.2 Å². The first-order valence-electron chi connectivity index (χ1n) is 6.40. The van der Waals surface area contributed by atoms with Crippen LogP contribution < -0.4 is 5.32 Å². The van der Waals surface area contributed by atoms with E-state index in [4.69, 9.17) is 5.11 Å². The molecule has 2 N–H and O–H groups in total. The highest BCUT2D eigenvalue weighted by Crippen LogP contribution is 2.30. The Balaban J connectivity index is 2.61. The number of carboxylic acids is 1. The number of nitro groups is 1. The van der Waals surface area contributed by atoms with Crippen LogP contribution in [-0.2, 0) is 4.79 Å². The van der Waals surface area contributed by atoms with Crippen molar-refractivity contribution < 1.29 is 19.2 Å². The van der Waals surface area contributed by atoms with Crippen molar-refractivity contribution in [2.45, 2.75) is 26.2 Å². The topological polar surface area (TPSA) is 92.5 Å². The first-order valence-corrected chi connectivity index (χ1v) is 7.19. The number of anilines is 1. The van der Waals surface area contributed by atoms with Gasteiger partial charge in [-0.05, 0) is 40.8 Å². The molecule has 0 bridgehead atoms. The average molecular weight is 363 g/mol. The van der Waals surface area contributed by atoms with Gasteiger partial charge in [-0.2, -0.15) is 0 Å². The van der Waals surface area contributed by atoms with Gasteiger partial charge in [-0.3, -0.25) is 14.9 Å². The summed E-state index contributed by atoms with van der Waals surface area (Å²) in [5.41, 5.74) is -0.0902. The van der Waals surface area contributed by atoms with Gasteiger partial charge in [0, 0.05) is 13.0 Å². The highest BCUT2D eigenvalue weighted by atomic mass is 79.9. The normalized spacial score (nSPS) is 12.0. The van der Waals surface area contributed by atoms with E-state index >= 15 is 0 Å². The van der Waals surface area contributed by atoms with Gasteiger partial charge in [0.2, 0.25) is 0 Å². The summed E-state index contributed by atoms with van der Waals surface area (Å²) in [7, 11) is 0. The summed E-state index contributed by atoms with van der Waals surface area (Å²) < 4.78 is 13.5. The van der Waals surface area contributed by atoms with Crippen LogP contribution in [0.3, 0.4) is 0 Å². The summed E-state index contributed by atoms with van der Waals surface area (Å²) in [5.74, 6) is -1.36. The summed E-state index contributed by atoms with van der Waals surface area (Å²) in [6.45, 7) is 2.36. The maximum absolute atomic E-state index is 13.3. The molecule has 0 radical (unpaired) electrons. The van der Waals surface area contributed by atoms with Gasteiger partial charge in [0.1, 0.15) is 11.5 Å². The Morgan fingerprint density at radius 1 is 1.52 bits per heavy atom. The van der Waals surface area contributed by atoms with E-state index in [9.17, 15) is 19.3 Å². The fourth-order valence-corrected chi connectivity index (χ4v) is 2.14. The third-order valence-corrected chi connectivity index (χ3v) is 3.65. The third-order valence-electron chi connectivity index (χ3n) is 3.04. The Bertz CT molecular complexity index is 539. The third kappa shape index (κ3) is 5.66. The summed E-state index contributed by atoms with van der Waals surface area (Å²) in [6.07, 6.45) is 1.31. The number of nitrogens with one attached hydrogen (secondary N) is 1. The van der Waals surface area contributed by atoms with Crippen LogP contribution in [-0.4, -0.2) is 22.5 Å². The second-order valence-electron chi connectivity index (χ2n) is 4.79. The van der Waals surface area contributed by atoms with Gasteiger partial charge in [-0.1, -0.05) is 6.92 Å². The molecule has 0 saturated heterocycles. The molecule has 1 aromatic carbocycles. The predicted octanol–water partition coefficient (Wildman–Crippen LogP) is 3.80. The van der Waals surface area contributed by atoms with Crippen LogP contribution in [0.5, 0.6) is 0 Å². The Hall–Kier alpha value is -1.70. The molecule has 0 heterocycles. The minimum Gasteiger partial charge on any atom is -0.481 e. The van der Waals surface area contributed by atoms with Crippen molar-refractivity contribution in [3.05, 3.63) is 32.5 Å². The van der Waals surface area contributed by atoms with Crippen LogP contribution >= 0.6 is 15.9 Å². The quantitative estimate of drug-likeness (QED) is 0.541. The Morgan fingerprint density at radius 3 is 2.76 bits per heavy atom. The van der Waals surface area contributed by atoms with Crippen LogP contribution in [0.4, 0.5) is 15.8 Å². The van der Waals surface area contributed by atoms with Crippen molar-refractivity contribution >= 4 is 33.3 Å². The molecular formula is C13H16BrFN2O4. The zero-order chi connectivity index (χ0) is 16.0. The van der Waals surface area contributed by atoms with Gasteiger partial charge in [0.25, 0.3) is 5.69 Å². The molecule has 1 unspecified atom stereocenters. The zero-order valence-corrected chi connectivity index (χ0v) is 13.0. The summed E-state index contributed by atoms with van der Waals surface area (Å²) in [6, 6.07) is 2.19. The number of carbonyl (C=O) groups is 1. The predicted molar refractivity (Wildman–Crippen MR) is 79.9 cm³/mol. The van der Waals surface area contributed by atoms with Crippen molar-refractivity contribution in [1.82, 2.24) is 0 Å². The van der Waals surface area contributed by atoms with E-state index in [-0.39, 0.29) is 28.2 Å². The SMILES string of the molecule is CC(CCNc1cc(Br)c(F)cc1[N+](=O)[O-])CCC(=O)O. The molecule has 0 fully saturated rings. The Kier molecular flexibility index (Phi) is 6.54. The maximum atomic E-state index is 13.3. The van der Waals surface area contributed by atoms with Gasteiger partial charge in [-0.25, -0.2) is 4.39 Å². The molecule has 0 amide bonds. The van der Waals surface area contributed by atoms with E-state index in [2.05, 4.69) is 21.2 Å². The monoisotopic (exact) mass is 362 g/mol. The number of hydrogen-bond donors (Lipinski definition) is 2. The van der Waals surface area contributed by atoms with Gasteiger partial charge in [0.15, 0.2) is 0 Å². The van der Waals surface area contributed by atoms with Crippen molar-refractivity contribution in [3.8, 4) is 0 Å². The molecule has 0 aliphatic rings. The molecule has 0 aliphatic carbocycles. The molecular weight excluding hydrogens is 347 g/mol. The Morgan fingerprint density at radius 2 is 2.19 bits per heavy atom. The molecule has 0 spiro atoms. The lowest BCUT2D eigenvalue weighted by molar-refractivity contribution is -0.384. The van der Waals surface area contributed by atoms with E-state index in [1.165, 1.54) is 6.07 Å². The molecule has 8 heteroatoms. The number of nitro benzene ring substituents is 1. The number of halogens is 2. The fraction of sp³-hybridized carbons (Fsp3) is 0.462. The zero-order valence-electron chi connectivity index (χ0n) is 11.4. The number of rotatable bonds is 8. The van der Waals surface area contributed by atoms with Crippen molar-refractivity contribution in [1.29, 1.82) is 0 Å². The largest absolute Gasteiger partial charge is 0.481 e. The smallest absolute Gasteiger partial charge is 0.303 e. The highest BCUT2D eigenvalue weighted by Gasteiger charge is 2.17. The molecule has 1 rings (SSSR count). The average Bonchev–Trinajstić information content (AvgIpc) is 2.39. The lowest BCUT2D eigenvalue weighted by atomic mass is 10.0. The molecule has 0 aliphatic heterocycles. The van der Waals surface area contributed by atoms with E-state index in [1.54, 1.807) is 0 Å². The van der Waals surface area contributed by atoms with E-state index in [0.29, 0.717) is 19.4 Å². The van der Waals surface area contributed by atoms with E-state index < -0.39 is 16.7 Å². The minimum absolute atomic E-state index is 0.101. The van der Waals surface area contributed by atoms with Crippen molar-refractivity contribution in [2.24, 2.45) is 5.92 Å². The van der Waals surface area contributed by atoms with Crippen LogP contribution in [0.25, 0.3) is 0 Å². The molecule has 116 valence electrons. The number of nitrogens with zero attached hydrogens (tertiary/aromatic N) is 1. The second-order valence-corrected chi connectivity index (χ2v) is 5.65. The maximum Gasteiger partial charge on any atom is 0.303 e. The lowest BCUT2D eigenvalue weighted by Gasteiger charge is -2.12. The van der Waals surface area contributed by atoms with Crippen LogP contribution in [0, 0.1) is 21.8 Å². The minimum atomic E-state index is -0.840. The fourth-order valence-electron chi connectivity index (χ4n) is 1.80. The summed E-state index contributed by atoms with van der Waals surface area (Å²) in [4.78, 5) is 20.7. The van der Waals surface area contributed by atoms with E-state index in [1.807, 2.05) is 6.92 Å². The van der Waals surface area contributed by atoms with Crippen LogP contribution in [0.15, 0.2) is 16.6 Å². The van der Waals surface area contributed by atoms with Crippen molar-refractivity contribution in [3.63, 3.8) is 0 Å². The number of carboxylic acid groups (broad SMARTS) is 1. The van der Waals surface area contributed by atoms with Gasteiger partial charge in [0.05, 0.1) is 15.5 Å². The van der Waals surface area contributed by atoms with Crippen LogP contribution in [0.2, 0.25) is 0 Å². The molecule has 21 heavy (non-hydrogen) atoms. The molecule has 6 nitrogen and oxygen atoms in total.